The smallest absolute Gasteiger partial charge is 0.0563 e. The average Bonchev–Trinajstić information content (AvgIpc) is 2.27. The van der Waals surface area contributed by atoms with Crippen LogP contribution in [-0.2, 0) is 0 Å². The summed E-state index contributed by atoms with van der Waals surface area (Å²) in [6.45, 7) is 0. The molecule has 0 N–H and O–H groups in total. The standard InChI is InChI=1S/C14H7Cl/c15-14-7-3-6-12-8-10-4-1-2-5-11(10)9-13(12)14/h2-6,8-9H. The Hall–Kier alpha value is -1.53. The first-order valence-corrected chi connectivity index (χ1v) is 5.12. The second-order valence-electron chi connectivity index (χ2n) is 3.50. The summed E-state index contributed by atoms with van der Waals surface area (Å²) in [5.41, 5.74) is 0. The molecule has 3 aromatic carbocycles. The number of halogens is 1. The Morgan fingerprint density at radius 3 is 2.73 bits per heavy atom. The molecule has 0 nitrogen and oxygen atoms in total. The van der Waals surface area contributed by atoms with Gasteiger partial charge in [0.1, 0.15) is 0 Å². The molecule has 0 aromatic heterocycles. The molecule has 3 rings (SSSR count). The van der Waals surface area contributed by atoms with Crippen molar-refractivity contribution in [1.29, 1.82) is 0 Å². The third-order valence-corrected chi connectivity index (χ3v) is 2.88. The Morgan fingerprint density at radius 1 is 0.933 bits per heavy atom. The highest BCUT2D eigenvalue weighted by atomic mass is 35.5. The molecular formula is C14H7Cl. The van der Waals surface area contributed by atoms with Gasteiger partial charge in [-0.2, -0.15) is 0 Å². The first-order chi connectivity index (χ1) is 7.34. The van der Waals surface area contributed by atoms with Crippen molar-refractivity contribution in [3.05, 3.63) is 59.6 Å². The van der Waals surface area contributed by atoms with Crippen molar-refractivity contribution in [3.8, 4) is 0 Å². The Kier molecular flexibility index (Phi) is 1.90. The van der Waals surface area contributed by atoms with Gasteiger partial charge in [0.05, 0.1) is 5.02 Å². The van der Waals surface area contributed by atoms with E-state index in [1.54, 1.807) is 0 Å². The molecule has 0 aliphatic carbocycles. The van der Waals surface area contributed by atoms with E-state index >= 15 is 0 Å². The third kappa shape index (κ3) is 1.38. The predicted molar refractivity (Wildman–Crippen MR) is 64.1 cm³/mol. The Bertz CT molecular complexity index is 641. The second-order valence-corrected chi connectivity index (χ2v) is 3.88. The fourth-order valence-corrected chi connectivity index (χ4v) is 2.03. The molecule has 0 heterocycles. The van der Waals surface area contributed by atoms with Gasteiger partial charge in [-0.1, -0.05) is 35.9 Å². The van der Waals surface area contributed by atoms with Crippen LogP contribution >= 0.6 is 11.6 Å². The van der Waals surface area contributed by atoms with Gasteiger partial charge in [-0.05, 0) is 40.4 Å². The van der Waals surface area contributed by atoms with E-state index in [1.807, 2.05) is 30.3 Å². The van der Waals surface area contributed by atoms with Crippen LogP contribution in [0.25, 0.3) is 21.5 Å². The fraction of sp³-hybridized carbons (Fsp3) is 0. The van der Waals surface area contributed by atoms with Crippen LogP contribution in [-0.4, -0.2) is 0 Å². The average molecular weight is 211 g/mol. The number of rotatable bonds is 0. The molecule has 0 unspecified atom stereocenters. The molecule has 1 heteroatoms. The second kappa shape index (κ2) is 3.25. The highest BCUT2D eigenvalue weighted by molar-refractivity contribution is 6.35. The molecule has 0 saturated carbocycles. The lowest BCUT2D eigenvalue weighted by atomic mass is 10.0. The van der Waals surface area contributed by atoms with Gasteiger partial charge >= 0.3 is 0 Å². The number of benzene rings is 3. The van der Waals surface area contributed by atoms with Gasteiger partial charge in [0.25, 0.3) is 0 Å². The van der Waals surface area contributed by atoms with E-state index in [-0.39, 0.29) is 0 Å². The molecule has 0 fully saturated rings. The lowest BCUT2D eigenvalue weighted by Gasteiger charge is -2.02. The zero-order valence-electron chi connectivity index (χ0n) is 7.92. The molecule has 0 aliphatic rings. The van der Waals surface area contributed by atoms with Crippen LogP contribution in [0.3, 0.4) is 0 Å². The first-order valence-electron chi connectivity index (χ1n) is 4.74. The van der Waals surface area contributed by atoms with E-state index in [0.29, 0.717) is 5.02 Å². The largest absolute Gasteiger partial charge is 0.0830 e. The van der Waals surface area contributed by atoms with Crippen LogP contribution in [0.1, 0.15) is 0 Å². The minimum Gasteiger partial charge on any atom is -0.0830 e. The number of hydrogen-bond donors (Lipinski definition) is 0. The molecule has 0 bridgehead atoms. The monoisotopic (exact) mass is 210 g/mol. The fourth-order valence-electron chi connectivity index (χ4n) is 1.81. The van der Waals surface area contributed by atoms with Crippen molar-refractivity contribution < 1.29 is 0 Å². The topological polar surface area (TPSA) is 0 Å². The van der Waals surface area contributed by atoms with Crippen molar-refractivity contribution >= 4 is 33.1 Å². The van der Waals surface area contributed by atoms with Gasteiger partial charge in [-0.15, -0.1) is 0 Å². The SMILES string of the molecule is Clc1[c]ccc2cc3c[c]ccc3cc12. The maximum atomic E-state index is 6.09. The molecule has 0 amide bonds. The van der Waals surface area contributed by atoms with Gasteiger partial charge in [-0.3, -0.25) is 0 Å². The van der Waals surface area contributed by atoms with Crippen LogP contribution < -0.4 is 0 Å². The molecule has 0 atom stereocenters. The lowest BCUT2D eigenvalue weighted by molar-refractivity contribution is 1.74. The van der Waals surface area contributed by atoms with Crippen molar-refractivity contribution in [2.24, 2.45) is 0 Å². The highest BCUT2D eigenvalue weighted by Crippen LogP contribution is 2.27. The Labute approximate surface area is 93.1 Å². The Balaban J connectivity index is 2.53. The van der Waals surface area contributed by atoms with E-state index in [9.17, 15) is 0 Å². The van der Waals surface area contributed by atoms with Gasteiger partial charge in [0.15, 0.2) is 0 Å². The van der Waals surface area contributed by atoms with Crippen LogP contribution in [0.2, 0.25) is 5.02 Å². The van der Waals surface area contributed by atoms with Crippen LogP contribution in [0.4, 0.5) is 0 Å². The van der Waals surface area contributed by atoms with Crippen LogP contribution in [0.5, 0.6) is 0 Å². The van der Waals surface area contributed by atoms with Crippen molar-refractivity contribution in [2.45, 2.75) is 0 Å². The normalized spacial score (nSPS) is 11.0. The van der Waals surface area contributed by atoms with E-state index in [1.165, 1.54) is 10.8 Å². The summed E-state index contributed by atoms with van der Waals surface area (Å²) in [4.78, 5) is 0. The summed E-state index contributed by atoms with van der Waals surface area (Å²) in [5.74, 6) is 0. The molecule has 3 aromatic rings. The van der Waals surface area contributed by atoms with E-state index in [2.05, 4.69) is 24.3 Å². The van der Waals surface area contributed by atoms with Crippen molar-refractivity contribution in [3.63, 3.8) is 0 Å². The quantitative estimate of drug-likeness (QED) is 0.487. The summed E-state index contributed by atoms with van der Waals surface area (Å²) in [6, 6.07) is 20.1. The summed E-state index contributed by atoms with van der Waals surface area (Å²) in [5, 5.41) is 5.25. The molecule has 2 radical (unpaired) electrons. The molecule has 15 heavy (non-hydrogen) atoms. The molecule has 0 aliphatic heterocycles. The maximum Gasteiger partial charge on any atom is 0.0563 e. The van der Waals surface area contributed by atoms with Crippen LogP contribution in [0, 0.1) is 12.1 Å². The summed E-state index contributed by atoms with van der Waals surface area (Å²) in [7, 11) is 0. The minimum atomic E-state index is 0.683. The maximum absolute atomic E-state index is 6.09. The van der Waals surface area contributed by atoms with Crippen molar-refractivity contribution in [1.82, 2.24) is 0 Å². The van der Waals surface area contributed by atoms with Gasteiger partial charge in [0.2, 0.25) is 0 Å². The highest BCUT2D eigenvalue weighted by Gasteiger charge is 2.00. The molecule has 70 valence electrons. The number of fused-ring (bicyclic) bond motifs is 2. The summed E-state index contributed by atoms with van der Waals surface area (Å²) < 4.78 is 0. The van der Waals surface area contributed by atoms with E-state index in [0.717, 1.165) is 10.8 Å². The zero-order chi connectivity index (χ0) is 10.3. The van der Waals surface area contributed by atoms with Gasteiger partial charge in [0, 0.05) is 11.5 Å². The van der Waals surface area contributed by atoms with Gasteiger partial charge < -0.3 is 0 Å². The molecule has 0 spiro atoms. The Morgan fingerprint density at radius 2 is 1.80 bits per heavy atom. The van der Waals surface area contributed by atoms with Crippen molar-refractivity contribution in [2.75, 3.05) is 0 Å². The third-order valence-electron chi connectivity index (χ3n) is 2.56. The minimum absolute atomic E-state index is 0.683. The zero-order valence-corrected chi connectivity index (χ0v) is 8.68. The first kappa shape index (κ1) is 8.75. The van der Waals surface area contributed by atoms with E-state index in [4.69, 9.17) is 11.6 Å². The molecular weight excluding hydrogens is 204 g/mol. The van der Waals surface area contributed by atoms with Gasteiger partial charge in [-0.25, -0.2) is 0 Å². The predicted octanol–water partition coefficient (Wildman–Crippen LogP) is 4.25. The summed E-state index contributed by atoms with van der Waals surface area (Å²) in [6.07, 6.45) is 0. The summed E-state index contributed by atoms with van der Waals surface area (Å²) >= 11 is 6.09. The van der Waals surface area contributed by atoms with Crippen LogP contribution in [0.15, 0.2) is 42.5 Å². The van der Waals surface area contributed by atoms with E-state index < -0.39 is 0 Å². The lowest BCUT2D eigenvalue weighted by Crippen LogP contribution is -1.77. The number of hydrogen-bond acceptors (Lipinski definition) is 0. The molecule has 0 saturated heterocycles.